The van der Waals surface area contributed by atoms with Crippen LogP contribution in [0.5, 0.6) is 0 Å². The molecule has 2 heterocycles. The van der Waals surface area contributed by atoms with Crippen molar-refractivity contribution in [1.82, 2.24) is 4.98 Å². The lowest BCUT2D eigenvalue weighted by molar-refractivity contribution is -0.384. The summed E-state index contributed by atoms with van der Waals surface area (Å²) in [5.74, 6) is -0.224. The van der Waals surface area contributed by atoms with Crippen LogP contribution in [0.3, 0.4) is 0 Å². The maximum atomic E-state index is 11.6. The first-order valence-electron chi connectivity index (χ1n) is 9.07. The van der Waals surface area contributed by atoms with E-state index in [4.69, 9.17) is 9.47 Å². The van der Waals surface area contributed by atoms with E-state index in [0.29, 0.717) is 18.6 Å². The Hall–Kier alpha value is -2.22. The average molecular weight is 365 g/mol. The molecule has 3 atom stereocenters. The summed E-state index contributed by atoms with van der Waals surface area (Å²) in [6.07, 6.45) is 5.13. The van der Waals surface area contributed by atoms with Crippen LogP contribution < -0.4 is 5.32 Å². The highest BCUT2D eigenvalue weighted by Gasteiger charge is 2.26. The van der Waals surface area contributed by atoms with Crippen LogP contribution in [0.4, 0.5) is 11.5 Å². The summed E-state index contributed by atoms with van der Waals surface area (Å²) in [5.41, 5.74) is 0.610. The van der Waals surface area contributed by atoms with Gasteiger partial charge in [-0.05, 0) is 37.2 Å². The Morgan fingerprint density at radius 2 is 2.31 bits per heavy atom. The molecule has 0 amide bonds. The highest BCUT2D eigenvalue weighted by molar-refractivity contribution is 5.70. The molecule has 1 saturated heterocycles. The summed E-state index contributed by atoms with van der Waals surface area (Å²) < 4.78 is 10.4. The van der Waals surface area contributed by atoms with Crippen molar-refractivity contribution < 1.29 is 19.2 Å². The van der Waals surface area contributed by atoms with E-state index in [-0.39, 0.29) is 42.0 Å². The van der Waals surface area contributed by atoms with Crippen LogP contribution in [0.25, 0.3) is 0 Å². The van der Waals surface area contributed by atoms with Crippen LogP contribution in [0.15, 0.2) is 12.3 Å². The zero-order chi connectivity index (χ0) is 19.1. The lowest BCUT2D eigenvalue weighted by Gasteiger charge is -2.29. The zero-order valence-corrected chi connectivity index (χ0v) is 15.6. The number of hydrogen-bond acceptors (Lipinski definition) is 7. The molecule has 8 nitrogen and oxygen atoms in total. The molecule has 8 heteroatoms. The van der Waals surface area contributed by atoms with Crippen molar-refractivity contribution in [2.75, 3.05) is 19.0 Å². The molecule has 0 spiro atoms. The molecule has 144 valence electrons. The number of nitrogens with zero attached hydrogens (tertiary/aromatic N) is 2. The molecule has 1 fully saturated rings. The summed E-state index contributed by atoms with van der Waals surface area (Å²) in [6, 6.07) is 1.62. The number of methoxy groups -OCH3 is 1. The third-order valence-corrected chi connectivity index (χ3v) is 4.85. The topological polar surface area (TPSA) is 104 Å². The average Bonchev–Trinajstić information content (AvgIpc) is 2.66. The second-order valence-corrected chi connectivity index (χ2v) is 6.55. The Morgan fingerprint density at radius 3 is 2.92 bits per heavy atom. The van der Waals surface area contributed by atoms with Gasteiger partial charge in [0.2, 0.25) is 5.82 Å². The smallest absolute Gasteiger partial charge is 0.311 e. The Bertz CT molecular complexity index is 637. The van der Waals surface area contributed by atoms with Gasteiger partial charge in [0.25, 0.3) is 0 Å². The fourth-order valence-electron chi connectivity index (χ4n) is 3.21. The number of carbonyl (C=O) groups excluding carboxylic acids is 1. The van der Waals surface area contributed by atoms with Gasteiger partial charge >= 0.3 is 11.7 Å². The second kappa shape index (κ2) is 9.47. The molecule has 1 aromatic rings. The van der Waals surface area contributed by atoms with E-state index >= 15 is 0 Å². The summed E-state index contributed by atoms with van der Waals surface area (Å²) in [4.78, 5) is 27.0. The number of carbonyl (C=O) groups is 1. The SMILES string of the molecule is CCC1CC(Nc2ncc(C(CC)CC(=O)OC)cc2[N+](=O)[O-])CCO1. The molecule has 0 aromatic carbocycles. The molecule has 1 aliphatic heterocycles. The second-order valence-electron chi connectivity index (χ2n) is 6.55. The minimum atomic E-state index is -0.430. The summed E-state index contributed by atoms with van der Waals surface area (Å²) >= 11 is 0. The van der Waals surface area contributed by atoms with Crippen molar-refractivity contribution in [3.63, 3.8) is 0 Å². The van der Waals surface area contributed by atoms with Crippen molar-refractivity contribution in [1.29, 1.82) is 0 Å². The number of esters is 1. The lowest BCUT2D eigenvalue weighted by Crippen LogP contribution is -2.34. The first-order valence-corrected chi connectivity index (χ1v) is 9.07. The zero-order valence-electron chi connectivity index (χ0n) is 15.6. The van der Waals surface area contributed by atoms with Crippen molar-refractivity contribution >= 4 is 17.5 Å². The first kappa shape index (κ1) is 20.1. The first-order chi connectivity index (χ1) is 12.5. The van der Waals surface area contributed by atoms with Gasteiger partial charge in [-0.1, -0.05) is 13.8 Å². The molecule has 0 radical (unpaired) electrons. The fourth-order valence-corrected chi connectivity index (χ4v) is 3.21. The highest BCUT2D eigenvalue weighted by atomic mass is 16.6. The van der Waals surface area contributed by atoms with Gasteiger partial charge in [0.15, 0.2) is 0 Å². The van der Waals surface area contributed by atoms with Crippen LogP contribution in [0.2, 0.25) is 0 Å². The van der Waals surface area contributed by atoms with Gasteiger partial charge in [0.1, 0.15) is 0 Å². The molecular weight excluding hydrogens is 338 g/mol. The third-order valence-electron chi connectivity index (χ3n) is 4.85. The van der Waals surface area contributed by atoms with Crippen molar-refractivity contribution in [2.24, 2.45) is 0 Å². The predicted molar refractivity (Wildman–Crippen MR) is 97.2 cm³/mol. The van der Waals surface area contributed by atoms with E-state index in [2.05, 4.69) is 17.2 Å². The van der Waals surface area contributed by atoms with Gasteiger partial charge < -0.3 is 14.8 Å². The summed E-state index contributed by atoms with van der Waals surface area (Å²) in [7, 11) is 1.33. The van der Waals surface area contributed by atoms with Crippen LogP contribution in [-0.2, 0) is 14.3 Å². The van der Waals surface area contributed by atoms with Crippen LogP contribution in [0.1, 0.15) is 57.4 Å². The number of aromatic nitrogens is 1. The fraction of sp³-hybridized carbons (Fsp3) is 0.667. The molecule has 3 unspecified atom stereocenters. The maximum Gasteiger partial charge on any atom is 0.311 e. The molecule has 1 N–H and O–H groups in total. The summed E-state index contributed by atoms with van der Waals surface area (Å²) in [5, 5.41) is 14.7. The number of anilines is 1. The lowest BCUT2D eigenvalue weighted by atomic mass is 9.94. The molecule has 0 bridgehead atoms. The van der Waals surface area contributed by atoms with E-state index in [0.717, 1.165) is 19.3 Å². The predicted octanol–water partition coefficient (Wildman–Crippen LogP) is 3.42. The molecule has 1 aliphatic rings. The Kier molecular flexibility index (Phi) is 7.32. The van der Waals surface area contributed by atoms with E-state index in [1.54, 1.807) is 6.20 Å². The Morgan fingerprint density at radius 1 is 1.54 bits per heavy atom. The monoisotopic (exact) mass is 365 g/mol. The van der Waals surface area contributed by atoms with Gasteiger partial charge in [0, 0.05) is 24.9 Å². The van der Waals surface area contributed by atoms with E-state index < -0.39 is 4.92 Å². The van der Waals surface area contributed by atoms with Gasteiger partial charge in [-0.25, -0.2) is 4.98 Å². The molecule has 0 aliphatic carbocycles. The third kappa shape index (κ3) is 5.14. The number of nitro groups is 1. The maximum absolute atomic E-state index is 11.6. The van der Waals surface area contributed by atoms with Gasteiger partial charge in [-0.15, -0.1) is 0 Å². The Labute approximate surface area is 153 Å². The molecule has 0 saturated carbocycles. The number of nitrogens with one attached hydrogen (secondary N) is 1. The van der Waals surface area contributed by atoms with Crippen LogP contribution in [-0.4, -0.2) is 41.7 Å². The van der Waals surface area contributed by atoms with E-state index in [1.165, 1.54) is 13.2 Å². The van der Waals surface area contributed by atoms with Gasteiger partial charge in [-0.3, -0.25) is 14.9 Å². The van der Waals surface area contributed by atoms with Gasteiger partial charge in [-0.2, -0.15) is 0 Å². The van der Waals surface area contributed by atoms with Crippen LogP contribution >= 0.6 is 0 Å². The number of ether oxygens (including phenoxy) is 2. The normalized spacial score (nSPS) is 21.0. The van der Waals surface area contributed by atoms with Crippen LogP contribution in [0, 0.1) is 10.1 Å². The number of pyridine rings is 1. The molecular formula is C18H27N3O5. The van der Waals surface area contributed by atoms with Crippen molar-refractivity contribution in [2.45, 2.75) is 64.0 Å². The van der Waals surface area contributed by atoms with Crippen molar-refractivity contribution in [3.8, 4) is 0 Å². The number of rotatable bonds is 8. The minimum Gasteiger partial charge on any atom is -0.469 e. The molecule has 2 rings (SSSR count). The largest absolute Gasteiger partial charge is 0.469 e. The standard InChI is InChI=1S/C18H27N3O5/c1-4-12(9-17(22)25-3)13-8-16(21(23)24)18(19-11-13)20-14-6-7-26-15(5-2)10-14/h8,11-12,14-15H,4-7,9-10H2,1-3H3,(H,19,20). The molecule has 1 aromatic heterocycles. The van der Waals surface area contributed by atoms with Gasteiger partial charge in [0.05, 0.1) is 24.6 Å². The van der Waals surface area contributed by atoms with Crippen molar-refractivity contribution in [3.05, 3.63) is 27.9 Å². The summed E-state index contributed by atoms with van der Waals surface area (Å²) in [6.45, 7) is 4.63. The Balaban J connectivity index is 2.20. The number of hydrogen-bond donors (Lipinski definition) is 1. The quantitative estimate of drug-likeness (QED) is 0.427. The highest BCUT2D eigenvalue weighted by Crippen LogP contribution is 2.31. The van der Waals surface area contributed by atoms with E-state index in [1.807, 2.05) is 6.92 Å². The molecule has 26 heavy (non-hydrogen) atoms. The van der Waals surface area contributed by atoms with E-state index in [9.17, 15) is 14.9 Å². The minimum absolute atomic E-state index is 0.0645.